The summed E-state index contributed by atoms with van der Waals surface area (Å²) >= 11 is 0. The van der Waals surface area contributed by atoms with Gasteiger partial charge in [0.2, 0.25) is 0 Å². The molecule has 2 rings (SSSR count). The first-order valence-corrected chi connectivity index (χ1v) is 4.88. The van der Waals surface area contributed by atoms with Crippen LogP contribution < -0.4 is 5.73 Å². The number of hydrogen-bond acceptors (Lipinski definition) is 2. The number of nitrogens with two attached hydrogens (primary N) is 1. The maximum absolute atomic E-state index is 12.9. The second kappa shape index (κ2) is 3.62. The molecule has 80 valence electrons. The second-order valence-corrected chi connectivity index (χ2v) is 3.90. The minimum absolute atomic E-state index is 0.0191. The summed E-state index contributed by atoms with van der Waals surface area (Å²) in [6.07, 6.45) is 2.05. The lowest BCUT2D eigenvalue weighted by molar-refractivity contribution is 0.0694. The van der Waals surface area contributed by atoms with Crippen molar-refractivity contribution in [1.82, 2.24) is 0 Å². The minimum atomic E-state index is -1.12. The summed E-state index contributed by atoms with van der Waals surface area (Å²) in [7, 11) is 0. The molecule has 0 unspecified atom stereocenters. The van der Waals surface area contributed by atoms with Crippen molar-refractivity contribution in [3.8, 4) is 0 Å². The van der Waals surface area contributed by atoms with E-state index < -0.39 is 11.8 Å². The number of carbonyl (C=O) groups is 1. The van der Waals surface area contributed by atoms with Gasteiger partial charge in [-0.2, -0.15) is 0 Å². The summed E-state index contributed by atoms with van der Waals surface area (Å²) < 4.78 is 12.9. The molecule has 0 aliphatic heterocycles. The first-order chi connectivity index (χ1) is 7.09. The molecule has 15 heavy (non-hydrogen) atoms. The maximum Gasteiger partial charge on any atom is 0.336 e. The van der Waals surface area contributed by atoms with E-state index in [4.69, 9.17) is 10.8 Å². The normalized spacial score (nSPS) is 17.5. The van der Waals surface area contributed by atoms with Crippen LogP contribution in [0.5, 0.6) is 0 Å². The third-order valence-electron chi connectivity index (χ3n) is 2.73. The van der Waals surface area contributed by atoms with Gasteiger partial charge in [-0.1, -0.05) is 6.07 Å². The van der Waals surface area contributed by atoms with Gasteiger partial charge in [0.05, 0.1) is 5.56 Å². The second-order valence-electron chi connectivity index (χ2n) is 3.90. The highest BCUT2D eigenvalue weighted by Crippen LogP contribution is 2.40. The van der Waals surface area contributed by atoms with Gasteiger partial charge in [0.15, 0.2) is 0 Å². The lowest BCUT2D eigenvalue weighted by Gasteiger charge is -2.13. The molecule has 4 heteroatoms. The smallest absolute Gasteiger partial charge is 0.336 e. The number of rotatable bonds is 3. The lowest BCUT2D eigenvalue weighted by Crippen LogP contribution is -2.16. The van der Waals surface area contributed by atoms with E-state index in [1.54, 1.807) is 0 Å². The fraction of sp³-hybridized carbons (Fsp3) is 0.364. The standard InChI is InChI=1S/C11H12FNO2/c12-7-3-4-8(9(5-7)11(14)15)10(13)6-1-2-6/h3-6,10H,1-2,13H2,(H,14,15)/t10-/m1/s1. The SMILES string of the molecule is N[C@@H](c1ccc(F)cc1C(=O)O)C1CC1. The molecule has 1 saturated carbocycles. The average molecular weight is 209 g/mol. The van der Waals surface area contributed by atoms with Crippen molar-refractivity contribution in [3.63, 3.8) is 0 Å². The van der Waals surface area contributed by atoms with Gasteiger partial charge >= 0.3 is 5.97 Å². The third-order valence-corrected chi connectivity index (χ3v) is 2.73. The van der Waals surface area contributed by atoms with Crippen molar-refractivity contribution in [2.24, 2.45) is 11.7 Å². The van der Waals surface area contributed by atoms with Crippen molar-refractivity contribution >= 4 is 5.97 Å². The van der Waals surface area contributed by atoms with E-state index in [-0.39, 0.29) is 11.6 Å². The molecule has 3 nitrogen and oxygen atoms in total. The number of aromatic carboxylic acids is 1. The van der Waals surface area contributed by atoms with Crippen molar-refractivity contribution in [2.75, 3.05) is 0 Å². The molecule has 0 spiro atoms. The van der Waals surface area contributed by atoms with Gasteiger partial charge in [0.25, 0.3) is 0 Å². The molecule has 0 saturated heterocycles. The Kier molecular flexibility index (Phi) is 2.44. The average Bonchev–Trinajstić information content (AvgIpc) is 2.99. The quantitative estimate of drug-likeness (QED) is 0.799. The number of benzene rings is 1. The molecule has 3 N–H and O–H groups in total. The van der Waals surface area contributed by atoms with E-state index in [0.29, 0.717) is 11.5 Å². The van der Waals surface area contributed by atoms with Crippen LogP contribution in [0.3, 0.4) is 0 Å². The van der Waals surface area contributed by atoms with Crippen LogP contribution in [0.25, 0.3) is 0 Å². The van der Waals surface area contributed by atoms with Crippen LogP contribution in [-0.4, -0.2) is 11.1 Å². The Labute approximate surface area is 86.7 Å². The molecule has 1 aliphatic carbocycles. The summed E-state index contributed by atoms with van der Waals surface area (Å²) in [5.74, 6) is -1.31. The molecular weight excluding hydrogens is 197 g/mol. The highest BCUT2D eigenvalue weighted by atomic mass is 19.1. The summed E-state index contributed by atoms with van der Waals surface area (Å²) in [5, 5.41) is 8.92. The zero-order chi connectivity index (χ0) is 11.0. The molecule has 0 heterocycles. The molecule has 0 radical (unpaired) electrons. The zero-order valence-corrected chi connectivity index (χ0v) is 8.11. The molecule has 1 atom stereocenters. The molecule has 1 aliphatic rings. The van der Waals surface area contributed by atoms with Crippen LogP contribution in [0, 0.1) is 11.7 Å². The topological polar surface area (TPSA) is 63.3 Å². The Bertz CT molecular complexity index is 402. The molecule has 0 amide bonds. The summed E-state index contributed by atoms with van der Waals surface area (Å²) in [4.78, 5) is 10.9. The van der Waals surface area contributed by atoms with Gasteiger partial charge in [0, 0.05) is 6.04 Å². The van der Waals surface area contributed by atoms with E-state index >= 15 is 0 Å². The molecule has 1 aromatic rings. The van der Waals surface area contributed by atoms with Crippen LogP contribution in [0.2, 0.25) is 0 Å². The number of carboxylic acid groups (broad SMARTS) is 1. The zero-order valence-electron chi connectivity index (χ0n) is 8.11. The summed E-state index contributed by atoms with van der Waals surface area (Å²) in [5.41, 5.74) is 6.42. The van der Waals surface area contributed by atoms with E-state index in [1.165, 1.54) is 12.1 Å². The van der Waals surface area contributed by atoms with Gasteiger partial charge in [-0.3, -0.25) is 0 Å². The van der Waals surface area contributed by atoms with Crippen molar-refractivity contribution in [1.29, 1.82) is 0 Å². The van der Waals surface area contributed by atoms with Gasteiger partial charge in [-0.15, -0.1) is 0 Å². The first kappa shape index (κ1) is 10.1. The van der Waals surface area contributed by atoms with E-state index in [2.05, 4.69) is 0 Å². The Morgan fingerprint density at radius 1 is 1.53 bits per heavy atom. The Morgan fingerprint density at radius 2 is 2.20 bits per heavy atom. The van der Waals surface area contributed by atoms with Gasteiger partial charge < -0.3 is 10.8 Å². The Balaban J connectivity index is 2.40. The van der Waals surface area contributed by atoms with Crippen LogP contribution >= 0.6 is 0 Å². The van der Waals surface area contributed by atoms with Crippen LogP contribution in [0.1, 0.15) is 34.8 Å². The first-order valence-electron chi connectivity index (χ1n) is 4.88. The van der Waals surface area contributed by atoms with Crippen molar-refractivity contribution in [2.45, 2.75) is 18.9 Å². The van der Waals surface area contributed by atoms with Crippen molar-refractivity contribution in [3.05, 3.63) is 35.1 Å². The highest BCUT2D eigenvalue weighted by Gasteiger charge is 2.31. The maximum atomic E-state index is 12.9. The molecular formula is C11H12FNO2. The molecule has 0 aromatic heterocycles. The van der Waals surface area contributed by atoms with Crippen LogP contribution in [-0.2, 0) is 0 Å². The number of halogens is 1. The number of carboxylic acids is 1. The molecule has 1 aromatic carbocycles. The summed E-state index contributed by atoms with van der Waals surface area (Å²) in [6, 6.07) is 3.47. The predicted molar refractivity (Wildman–Crippen MR) is 53.0 cm³/mol. The monoisotopic (exact) mass is 209 g/mol. The fourth-order valence-corrected chi connectivity index (χ4v) is 1.71. The lowest BCUT2D eigenvalue weighted by atomic mass is 9.97. The third kappa shape index (κ3) is 1.99. The van der Waals surface area contributed by atoms with Crippen LogP contribution in [0.4, 0.5) is 4.39 Å². The van der Waals surface area contributed by atoms with Gasteiger partial charge in [0.1, 0.15) is 5.82 Å². The minimum Gasteiger partial charge on any atom is -0.478 e. The van der Waals surface area contributed by atoms with E-state index in [9.17, 15) is 9.18 Å². The highest BCUT2D eigenvalue weighted by molar-refractivity contribution is 5.89. The molecule has 0 bridgehead atoms. The van der Waals surface area contributed by atoms with Crippen LogP contribution in [0.15, 0.2) is 18.2 Å². The largest absolute Gasteiger partial charge is 0.478 e. The molecule has 1 fully saturated rings. The fourth-order valence-electron chi connectivity index (χ4n) is 1.71. The van der Waals surface area contributed by atoms with E-state index in [1.807, 2.05) is 0 Å². The number of hydrogen-bond donors (Lipinski definition) is 2. The van der Waals surface area contributed by atoms with Crippen molar-refractivity contribution < 1.29 is 14.3 Å². The Morgan fingerprint density at radius 3 is 2.73 bits per heavy atom. The predicted octanol–water partition coefficient (Wildman–Crippen LogP) is 1.93. The van der Waals surface area contributed by atoms with Gasteiger partial charge in [-0.25, -0.2) is 9.18 Å². The Hall–Kier alpha value is -1.42. The van der Waals surface area contributed by atoms with Gasteiger partial charge in [-0.05, 0) is 36.5 Å². The van der Waals surface area contributed by atoms with E-state index in [0.717, 1.165) is 18.9 Å². The summed E-state index contributed by atoms with van der Waals surface area (Å²) in [6.45, 7) is 0.